The molecule has 124 valence electrons. The van der Waals surface area contributed by atoms with Gasteiger partial charge in [-0.3, -0.25) is 4.72 Å². The van der Waals surface area contributed by atoms with Crippen LogP contribution in [0.2, 0.25) is 0 Å². The highest BCUT2D eigenvalue weighted by molar-refractivity contribution is 7.92. The van der Waals surface area contributed by atoms with Crippen molar-refractivity contribution < 1.29 is 12.8 Å². The lowest BCUT2D eigenvalue weighted by atomic mass is 10.3. The topological polar surface area (TPSA) is 71.1 Å². The molecule has 0 aliphatic heterocycles. The molecule has 1 aromatic heterocycles. The molecular formula is C16H14FN3O2S2. The lowest BCUT2D eigenvalue weighted by molar-refractivity contribution is 0.570. The Morgan fingerprint density at radius 1 is 1.08 bits per heavy atom. The number of hydrogen-bond acceptors (Lipinski definition) is 5. The molecule has 0 fully saturated rings. The van der Waals surface area contributed by atoms with Gasteiger partial charge in [0.1, 0.15) is 10.7 Å². The highest BCUT2D eigenvalue weighted by atomic mass is 32.2. The first kappa shape index (κ1) is 16.4. The fraction of sp³-hybridized carbons (Fsp3) is 0.0625. The van der Waals surface area contributed by atoms with Crippen molar-refractivity contribution in [2.75, 3.05) is 10.0 Å². The average Bonchev–Trinajstić information content (AvgIpc) is 2.92. The van der Waals surface area contributed by atoms with E-state index in [0.29, 0.717) is 16.5 Å². The molecule has 0 aliphatic rings. The first-order valence-electron chi connectivity index (χ1n) is 7.00. The van der Waals surface area contributed by atoms with Crippen molar-refractivity contribution >= 4 is 37.9 Å². The first-order chi connectivity index (χ1) is 11.4. The number of hydrogen-bond donors (Lipinski definition) is 2. The average molecular weight is 363 g/mol. The van der Waals surface area contributed by atoms with Crippen molar-refractivity contribution in [1.82, 2.24) is 4.98 Å². The van der Waals surface area contributed by atoms with Crippen LogP contribution < -0.4 is 10.0 Å². The van der Waals surface area contributed by atoms with Crippen molar-refractivity contribution in [3.8, 4) is 0 Å². The predicted octanol–water partition coefficient (Wildman–Crippen LogP) is 4.14. The quantitative estimate of drug-likeness (QED) is 0.715. The van der Waals surface area contributed by atoms with Gasteiger partial charge in [-0.2, -0.15) is 0 Å². The summed E-state index contributed by atoms with van der Waals surface area (Å²) in [6.45, 7) is 1.89. The minimum atomic E-state index is -4.00. The van der Waals surface area contributed by atoms with E-state index < -0.39 is 15.8 Å². The number of thiazole rings is 1. The molecule has 5 nitrogen and oxygen atoms in total. The Morgan fingerprint density at radius 3 is 2.54 bits per heavy atom. The van der Waals surface area contributed by atoms with Crippen LogP contribution in [0.25, 0.3) is 0 Å². The number of halogens is 1. The first-order valence-corrected chi connectivity index (χ1v) is 9.37. The smallest absolute Gasteiger partial charge is 0.264 e. The molecule has 0 radical (unpaired) electrons. The Bertz CT molecular complexity index is 971. The van der Waals surface area contributed by atoms with Crippen molar-refractivity contribution in [1.29, 1.82) is 0 Å². The Balaban J connectivity index is 1.83. The van der Waals surface area contributed by atoms with Crippen molar-refractivity contribution in [3.05, 3.63) is 65.4 Å². The van der Waals surface area contributed by atoms with Gasteiger partial charge in [0, 0.05) is 11.1 Å². The largest absolute Gasteiger partial charge is 0.331 e. The summed E-state index contributed by atoms with van der Waals surface area (Å²) in [6, 6.07) is 11.9. The highest BCUT2D eigenvalue weighted by Gasteiger charge is 2.18. The van der Waals surface area contributed by atoms with E-state index in [1.54, 1.807) is 24.3 Å². The van der Waals surface area contributed by atoms with Gasteiger partial charge in [0.25, 0.3) is 10.0 Å². The van der Waals surface area contributed by atoms with Crippen LogP contribution in [-0.4, -0.2) is 13.4 Å². The molecule has 3 aromatic rings. The summed E-state index contributed by atoms with van der Waals surface area (Å²) in [5, 5.41) is 5.72. The molecule has 0 saturated carbocycles. The minimum Gasteiger partial charge on any atom is -0.331 e. The molecule has 24 heavy (non-hydrogen) atoms. The van der Waals surface area contributed by atoms with Crippen molar-refractivity contribution in [2.24, 2.45) is 0 Å². The van der Waals surface area contributed by atoms with Gasteiger partial charge >= 0.3 is 0 Å². The van der Waals surface area contributed by atoms with Crippen LogP contribution >= 0.6 is 11.3 Å². The second kappa shape index (κ2) is 6.58. The molecule has 8 heteroatoms. The number of sulfonamides is 1. The van der Waals surface area contributed by atoms with E-state index in [9.17, 15) is 12.8 Å². The molecule has 2 N–H and O–H groups in total. The Hall–Kier alpha value is -2.45. The molecule has 0 atom stereocenters. The van der Waals surface area contributed by atoms with E-state index in [2.05, 4.69) is 15.0 Å². The molecule has 0 amide bonds. The third-order valence-corrected chi connectivity index (χ3v) is 5.40. The van der Waals surface area contributed by atoms with E-state index in [1.807, 2.05) is 12.3 Å². The maximum atomic E-state index is 13.7. The lowest BCUT2D eigenvalue weighted by Gasteiger charge is -2.10. The molecule has 2 aromatic carbocycles. The van der Waals surface area contributed by atoms with Gasteiger partial charge in [-0.25, -0.2) is 17.8 Å². The Kier molecular flexibility index (Phi) is 4.50. The summed E-state index contributed by atoms with van der Waals surface area (Å²) >= 11 is 1.45. The summed E-state index contributed by atoms with van der Waals surface area (Å²) in [4.78, 5) is 3.90. The van der Waals surface area contributed by atoms with Gasteiger partial charge in [0.2, 0.25) is 0 Å². The second-order valence-corrected chi connectivity index (χ2v) is 7.54. The molecule has 0 bridgehead atoms. The zero-order chi connectivity index (χ0) is 17.2. The third-order valence-electron chi connectivity index (χ3n) is 3.11. The number of rotatable bonds is 5. The van der Waals surface area contributed by atoms with Crippen LogP contribution in [0.15, 0.2) is 58.8 Å². The number of benzene rings is 2. The van der Waals surface area contributed by atoms with Gasteiger partial charge in [0.15, 0.2) is 5.13 Å². The fourth-order valence-corrected chi connectivity index (χ4v) is 3.91. The minimum absolute atomic E-state index is 0.330. The van der Waals surface area contributed by atoms with Crippen LogP contribution in [0.3, 0.4) is 0 Å². The van der Waals surface area contributed by atoms with Gasteiger partial charge in [-0.15, -0.1) is 11.3 Å². The summed E-state index contributed by atoms with van der Waals surface area (Å²) in [6.07, 6.45) is 0. The second-order valence-electron chi connectivity index (χ2n) is 5.04. The lowest BCUT2D eigenvalue weighted by Crippen LogP contribution is -2.14. The molecule has 0 saturated heterocycles. The standard InChI is InChI=1S/C16H14FN3O2S2/c1-11-10-23-16(18-11)19-12-5-4-6-13(9-12)20-24(21,22)15-8-3-2-7-14(15)17/h2-10,20H,1H3,(H,18,19). The molecule has 3 rings (SSSR count). The van der Waals surface area contributed by atoms with Crippen molar-refractivity contribution in [2.45, 2.75) is 11.8 Å². The summed E-state index contributed by atoms with van der Waals surface area (Å²) in [5.74, 6) is -0.794. The molecule has 0 unspecified atom stereocenters. The van der Waals surface area contributed by atoms with Gasteiger partial charge in [0.05, 0.1) is 11.4 Å². The summed E-state index contributed by atoms with van der Waals surface area (Å²) in [7, 11) is -4.00. The number of aryl methyl sites for hydroxylation is 1. The van der Waals surface area contributed by atoms with E-state index in [1.165, 1.54) is 29.5 Å². The van der Waals surface area contributed by atoms with E-state index in [-0.39, 0.29) is 4.90 Å². The normalized spacial score (nSPS) is 11.2. The molecule has 0 aliphatic carbocycles. The number of nitrogens with zero attached hydrogens (tertiary/aromatic N) is 1. The highest BCUT2D eigenvalue weighted by Crippen LogP contribution is 2.24. The monoisotopic (exact) mass is 363 g/mol. The zero-order valence-electron chi connectivity index (χ0n) is 12.7. The summed E-state index contributed by atoms with van der Waals surface area (Å²) < 4.78 is 40.7. The molecule has 0 spiro atoms. The summed E-state index contributed by atoms with van der Waals surface area (Å²) in [5.41, 5.74) is 1.91. The van der Waals surface area contributed by atoms with Gasteiger partial charge in [-0.05, 0) is 37.3 Å². The van der Waals surface area contributed by atoms with E-state index >= 15 is 0 Å². The molecular weight excluding hydrogens is 349 g/mol. The molecule has 1 heterocycles. The zero-order valence-corrected chi connectivity index (χ0v) is 14.3. The van der Waals surface area contributed by atoms with Gasteiger partial charge < -0.3 is 5.32 Å². The Labute approximate surface area is 143 Å². The van der Waals surface area contributed by atoms with Gasteiger partial charge in [-0.1, -0.05) is 18.2 Å². The van der Waals surface area contributed by atoms with Crippen LogP contribution in [0.4, 0.5) is 20.9 Å². The SMILES string of the molecule is Cc1csc(Nc2cccc(NS(=O)(=O)c3ccccc3F)c2)n1. The predicted molar refractivity (Wildman–Crippen MR) is 93.8 cm³/mol. The third kappa shape index (κ3) is 3.72. The van der Waals surface area contributed by atoms with E-state index in [0.717, 1.165) is 11.8 Å². The van der Waals surface area contributed by atoms with E-state index in [4.69, 9.17) is 0 Å². The number of anilines is 3. The van der Waals surface area contributed by atoms with Crippen molar-refractivity contribution in [3.63, 3.8) is 0 Å². The maximum Gasteiger partial charge on any atom is 0.264 e. The fourth-order valence-electron chi connectivity index (χ4n) is 2.07. The Morgan fingerprint density at radius 2 is 1.83 bits per heavy atom. The van der Waals surface area contributed by atoms with Crippen LogP contribution in [0.1, 0.15) is 5.69 Å². The number of aromatic nitrogens is 1. The van der Waals surface area contributed by atoms with Crippen LogP contribution in [-0.2, 0) is 10.0 Å². The van der Waals surface area contributed by atoms with Crippen LogP contribution in [0, 0.1) is 12.7 Å². The van der Waals surface area contributed by atoms with Crippen LogP contribution in [0.5, 0.6) is 0 Å². The number of nitrogens with one attached hydrogen (secondary N) is 2. The maximum absolute atomic E-state index is 13.7.